The molecule has 2 heterocycles. The molecule has 0 saturated carbocycles. The van der Waals surface area contributed by atoms with E-state index in [4.69, 9.17) is 9.47 Å². The van der Waals surface area contributed by atoms with Crippen molar-refractivity contribution in [3.8, 4) is 11.8 Å². The average Bonchev–Trinajstić information content (AvgIpc) is 3.03. The van der Waals surface area contributed by atoms with Gasteiger partial charge in [0.05, 0.1) is 26.0 Å². The summed E-state index contributed by atoms with van der Waals surface area (Å²) in [5, 5.41) is 0. The Kier molecular flexibility index (Phi) is 4.94. The summed E-state index contributed by atoms with van der Waals surface area (Å²) in [6.45, 7) is 1.22. The number of methoxy groups -OCH3 is 1. The summed E-state index contributed by atoms with van der Waals surface area (Å²) in [6.07, 6.45) is 3.76. The van der Waals surface area contributed by atoms with Crippen molar-refractivity contribution in [3.63, 3.8) is 0 Å². The quantitative estimate of drug-likeness (QED) is 0.705. The van der Waals surface area contributed by atoms with Crippen molar-refractivity contribution in [1.82, 2.24) is 14.9 Å². The van der Waals surface area contributed by atoms with Crippen LogP contribution in [0.2, 0.25) is 0 Å². The van der Waals surface area contributed by atoms with Crippen LogP contribution in [0.1, 0.15) is 16.8 Å². The Morgan fingerprint density at radius 3 is 2.96 bits per heavy atom. The first kappa shape index (κ1) is 16.0. The lowest BCUT2D eigenvalue weighted by molar-refractivity contribution is 0.0770. The van der Waals surface area contributed by atoms with Crippen molar-refractivity contribution in [2.45, 2.75) is 12.5 Å². The highest BCUT2D eigenvalue weighted by molar-refractivity contribution is 14.1. The predicted octanol–water partition coefficient (Wildman–Crippen LogP) is 2.38. The maximum Gasteiger partial charge on any atom is 0.254 e. The van der Waals surface area contributed by atoms with Crippen LogP contribution in [0.25, 0.3) is 0 Å². The Bertz CT molecular complexity index is 710. The minimum absolute atomic E-state index is 0.0337. The number of halogens is 1. The van der Waals surface area contributed by atoms with Gasteiger partial charge in [-0.3, -0.25) is 9.78 Å². The SMILES string of the molecule is COc1cncc(OC2CCN(C(=O)c3cccc(I)c3)C2)n1. The summed E-state index contributed by atoms with van der Waals surface area (Å²) in [7, 11) is 1.53. The number of benzene rings is 1. The van der Waals surface area contributed by atoms with Gasteiger partial charge in [-0.25, -0.2) is 0 Å². The first-order valence-corrected chi connectivity index (χ1v) is 8.31. The van der Waals surface area contributed by atoms with Crippen molar-refractivity contribution in [2.75, 3.05) is 20.2 Å². The maximum absolute atomic E-state index is 12.5. The van der Waals surface area contributed by atoms with Gasteiger partial charge in [-0.2, -0.15) is 4.98 Å². The van der Waals surface area contributed by atoms with E-state index in [9.17, 15) is 4.79 Å². The zero-order valence-electron chi connectivity index (χ0n) is 12.6. The summed E-state index contributed by atoms with van der Waals surface area (Å²) in [5.41, 5.74) is 0.707. The number of rotatable bonds is 4. The third-order valence-corrected chi connectivity index (χ3v) is 4.26. The molecule has 0 bridgehead atoms. The average molecular weight is 425 g/mol. The third-order valence-electron chi connectivity index (χ3n) is 3.59. The van der Waals surface area contributed by atoms with Gasteiger partial charge in [-0.05, 0) is 40.8 Å². The lowest BCUT2D eigenvalue weighted by Gasteiger charge is -2.17. The molecule has 120 valence electrons. The number of aromatic nitrogens is 2. The molecule has 1 aromatic carbocycles. The molecule has 2 aromatic rings. The summed E-state index contributed by atoms with van der Waals surface area (Å²) < 4.78 is 11.9. The molecule has 1 aromatic heterocycles. The van der Waals surface area contributed by atoms with Gasteiger partial charge in [-0.15, -0.1) is 0 Å². The molecule has 0 spiro atoms. The van der Waals surface area contributed by atoms with E-state index in [2.05, 4.69) is 32.6 Å². The van der Waals surface area contributed by atoms with Crippen LogP contribution in [0, 0.1) is 3.57 Å². The maximum atomic E-state index is 12.5. The summed E-state index contributed by atoms with van der Waals surface area (Å²) in [6, 6.07) is 7.59. The highest BCUT2D eigenvalue weighted by Gasteiger charge is 2.28. The van der Waals surface area contributed by atoms with Crippen LogP contribution < -0.4 is 9.47 Å². The zero-order chi connectivity index (χ0) is 16.2. The lowest BCUT2D eigenvalue weighted by atomic mass is 10.2. The van der Waals surface area contributed by atoms with Crippen LogP contribution in [-0.2, 0) is 0 Å². The van der Waals surface area contributed by atoms with E-state index in [1.54, 1.807) is 6.20 Å². The molecular weight excluding hydrogens is 409 g/mol. The van der Waals surface area contributed by atoms with Crippen molar-refractivity contribution in [2.24, 2.45) is 0 Å². The summed E-state index contributed by atoms with van der Waals surface area (Å²) >= 11 is 2.21. The number of nitrogens with zero attached hydrogens (tertiary/aromatic N) is 3. The molecule has 1 aliphatic heterocycles. The fraction of sp³-hybridized carbons (Fsp3) is 0.312. The van der Waals surface area contributed by atoms with Crippen molar-refractivity contribution in [3.05, 3.63) is 45.8 Å². The Morgan fingerprint density at radius 2 is 2.17 bits per heavy atom. The Labute approximate surface area is 148 Å². The minimum Gasteiger partial charge on any atom is -0.480 e. The van der Waals surface area contributed by atoms with Gasteiger partial charge in [0.2, 0.25) is 11.8 Å². The van der Waals surface area contributed by atoms with Gasteiger partial charge in [0.1, 0.15) is 6.10 Å². The molecule has 3 rings (SSSR count). The Hall–Kier alpha value is -1.90. The molecule has 0 radical (unpaired) electrons. The molecule has 1 aliphatic rings. The molecule has 1 atom stereocenters. The van der Waals surface area contributed by atoms with Gasteiger partial charge in [-0.1, -0.05) is 6.07 Å². The fourth-order valence-corrected chi connectivity index (χ4v) is 3.01. The molecule has 1 fully saturated rings. The van der Waals surface area contributed by atoms with Gasteiger partial charge < -0.3 is 14.4 Å². The molecule has 1 unspecified atom stereocenters. The first-order chi connectivity index (χ1) is 11.2. The van der Waals surface area contributed by atoms with E-state index in [1.807, 2.05) is 29.2 Å². The van der Waals surface area contributed by atoms with Crippen LogP contribution in [0.3, 0.4) is 0 Å². The molecule has 0 aliphatic carbocycles. The Morgan fingerprint density at radius 1 is 1.35 bits per heavy atom. The van der Waals surface area contributed by atoms with Crippen LogP contribution >= 0.6 is 22.6 Å². The highest BCUT2D eigenvalue weighted by atomic mass is 127. The monoisotopic (exact) mass is 425 g/mol. The molecule has 7 heteroatoms. The van der Waals surface area contributed by atoms with E-state index < -0.39 is 0 Å². The van der Waals surface area contributed by atoms with Crippen LogP contribution in [0.4, 0.5) is 0 Å². The van der Waals surface area contributed by atoms with Gasteiger partial charge >= 0.3 is 0 Å². The largest absolute Gasteiger partial charge is 0.480 e. The predicted molar refractivity (Wildman–Crippen MR) is 92.7 cm³/mol. The summed E-state index contributed by atoms with van der Waals surface area (Å²) in [4.78, 5) is 22.5. The molecule has 1 amide bonds. The van der Waals surface area contributed by atoms with Crippen LogP contribution in [-0.4, -0.2) is 47.1 Å². The number of carbonyl (C=O) groups is 1. The number of ether oxygens (including phenoxy) is 2. The molecule has 6 nitrogen and oxygen atoms in total. The van der Waals surface area contributed by atoms with Crippen LogP contribution in [0.5, 0.6) is 11.8 Å². The van der Waals surface area contributed by atoms with Gasteiger partial charge in [0.15, 0.2) is 0 Å². The van der Waals surface area contributed by atoms with Crippen LogP contribution in [0.15, 0.2) is 36.7 Å². The second-order valence-corrected chi connectivity index (χ2v) is 6.44. The van der Waals surface area contributed by atoms with Crippen molar-refractivity contribution < 1.29 is 14.3 Å². The number of likely N-dealkylation sites (tertiary alicyclic amines) is 1. The van der Waals surface area contributed by atoms with Gasteiger partial charge in [0, 0.05) is 22.1 Å². The molecule has 23 heavy (non-hydrogen) atoms. The van der Waals surface area contributed by atoms with E-state index in [0.717, 1.165) is 9.99 Å². The van der Waals surface area contributed by atoms with E-state index in [0.29, 0.717) is 30.4 Å². The minimum atomic E-state index is -0.0804. The van der Waals surface area contributed by atoms with Crippen molar-refractivity contribution >= 4 is 28.5 Å². The second kappa shape index (κ2) is 7.12. The lowest BCUT2D eigenvalue weighted by Crippen LogP contribution is -2.31. The third kappa shape index (κ3) is 3.90. The summed E-state index contributed by atoms with van der Waals surface area (Å²) in [5.74, 6) is 0.858. The first-order valence-electron chi connectivity index (χ1n) is 7.23. The van der Waals surface area contributed by atoms with E-state index >= 15 is 0 Å². The fourth-order valence-electron chi connectivity index (χ4n) is 2.47. The second-order valence-electron chi connectivity index (χ2n) is 5.19. The normalized spacial score (nSPS) is 17.1. The zero-order valence-corrected chi connectivity index (χ0v) is 14.8. The smallest absolute Gasteiger partial charge is 0.254 e. The molecule has 0 N–H and O–H groups in total. The number of hydrogen-bond acceptors (Lipinski definition) is 5. The molecular formula is C16H16IN3O3. The molecule has 1 saturated heterocycles. The highest BCUT2D eigenvalue weighted by Crippen LogP contribution is 2.20. The van der Waals surface area contributed by atoms with E-state index in [-0.39, 0.29) is 12.0 Å². The van der Waals surface area contributed by atoms with Crippen molar-refractivity contribution in [1.29, 1.82) is 0 Å². The Balaban J connectivity index is 1.63. The van der Waals surface area contributed by atoms with E-state index in [1.165, 1.54) is 13.3 Å². The number of carbonyl (C=O) groups excluding carboxylic acids is 1. The number of hydrogen-bond donors (Lipinski definition) is 0. The standard InChI is InChI=1S/C16H16IN3O3/c1-22-14-8-18-9-15(19-14)23-13-5-6-20(10-13)16(21)11-3-2-4-12(17)7-11/h2-4,7-9,13H,5-6,10H2,1H3. The number of amides is 1. The van der Waals surface area contributed by atoms with Gasteiger partial charge in [0.25, 0.3) is 5.91 Å². The topological polar surface area (TPSA) is 64.6 Å².